The van der Waals surface area contributed by atoms with Crippen LogP contribution in [0.1, 0.15) is 61.9 Å². The number of rotatable bonds is 9. The Bertz CT molecular complexity index is 1070. The van der Waals surface area contributed by atoms with E-state index in [1.54, 1.807) is 23.1 Å². The first-order valence-corrected chi connectivity index (χ1v) is 14.1. The van der Waals surface area contributed by atoms with Crippen LogP contribution in [0.2, 0.25) is 0 Å². The molecule has 1 heterocycles. The molecule has 0 bridgehead atoms. The largest absolute Gasteiger partial charge is 0.488 e. The lowest BCUT2D eigenvalue weighted by Crippen LogP contribution is -2.50. The number of anilines is 1. The second-order valence-corrected chi connectivity index (χ2v) is 11.3. The molecule has 0 saturated heterocycles. The number of carbonyl (C=O) groups excluding carboxylic acids is 2. The molecule has 0 spiro atoms. The van der Waals surface area contributed by atoms with Crippen molar-refractivity contribution in [2.45, 2.75) is 64.5 Å². The molecular formula is C31H43N3O4. The van der Waals surface area contributed by atoms with Gasteiger partial charge in [-0.2, -0.15) is 0 Å². The van der Waals surface area contributed by atoms with Gasteiger partial charge in [0.1, 0.15) is 11.9 Å². The first-order chi connectivity index (χ1) is 18.3. The monoisotopic (exact) mass is 521 g/mol. The van der Waals surface area contributed by atoms with E-state index >= 15 is 0 Å². The fraction of sp³-hybridized carbons (Fsp3) is 0.548. The molecule has 0 radical (unpaired) electrons. The normalized spacial score (nSPS) is 21.3. The van der Waals surface area contributed by atoms with Gasteiger partial charge in [-0.3, -0.25) is 9.59 Å². The number of aliphatic hydroxyl groups excluding tert-OH is 1. The molecule has 1 aliphatic carbocycles. The van der Waals surface area contributed by atoms with Crippen molar-refractivity contribution in [1.29, 1.82) is 0 Å². The minimum absolute atomic E-state index is 0.0835. The summed E-state index contributed by atoms with van der Waals surface area (Å²) in [5.74, 6) is 1.00. The number of amides is 2. The zero-order valence-corrected chi connectivity index (χ0v) is 23.1. The Morgan fingerprint density at radius 2 is 1.87 bits per heavy atom. The Hall–Kier alpha value is -2.90. The predicted molar refractivity (Wildman–Crippen MR) is 150 cm³/mol. The van der Waals surface area contributed by atoms with Crippen LogP contribution in [0, 0.1) is 11.8 Å². The number of likely N-dealkylation sites (N-methyl/N-ethyl adjacent to an activating group) is 1. The van der Waals surface area contributed by atoms with Gasteiger partial charge in [0.25, 0.3) is 5.91 Å². The summed E-state index contributed by atoms with van der Waals surface area (Å²) in [6, 6.07) is 14.5. The fourth-order valence-corrected chi connectivity index (χ4v) is 5.70. The molecule has 0 aromatic heterocycles. The molecule has 2 N–H and O–H groups in total. The van der Waals surface area contributed by atoms with Crippen molar-refractivity contribution in [3.8, 4) is 5.75 Å². The van der Waals surface area contributed by atoms with Crippen LogP contribution >= 0.6 is 0 Å². The van der Waals surface area contributed by atoms with Crippen molar-refractivity contribution in [3.63, 3.8) is 0 Å². The minimum atomic E-state index is -0.326. The summed E-state index contributed by atoms with van der Waals surface area (Å²) in [6.07, 6.45) is 6.73. The molecular weight excluding hydrogens is 478 g/mol. The zero-order valence-electron chi connectivity index (χ0n) is 23.1. The van der Waals surface area contributed by atoms with Crippen molar-refractivity contribution in [2.75, 3.05) is 38.6 Å². The highest BCUT2D eigenvalue weighted by molar-refractivity contribution is 6.00. The zero-order chi connectivity index (χ0) is 27.1. The highest BCUT2D eigenvalue weighted by atomic mass is 16.5. The molecule has 1 fully saturated rings. The number of aliphatic hydroxyl groups is 1. The number of nitrogens with one attached hydrogen (secondary N) is 1. The van der Waals surface area contributed by atoms with Gasteiger partial charge >= 0.3 is 0 Å². The summed E-state index contributed by atoms with van der Waals surface area (Å²) < 4.78 is 6.53. The fourth-order valence-electron chi connectivity index (χ4n) is 5.70. The van der Waals surface area contributed by atoms with Crippen molar-refractivity contribution in [2.24, 2.45) is 11.8 Å². The number of nitrogens with zero attached hydrogens (tertiary/aromatic N) is 2. The number of benzene rings is 2. The van der Waals surface area contributed by atoms with Gasteiger partial charge in [-0.1, -0.05) is 56.5 Å². The van der Waals surface area contributed by atoms with E-state index in [2.05, 4.69) is 24.2 Å². The summed E-state index contributed by atoms with van der Waals surface area (Å²) in [4.78, 5) is 30.5. The molecule has 2 amide bonds. The molecule has 38 heavy (non-hydrogen) atoms. The maximum absolute atomic E-state index is 13.7. The Balaban J connectivity index is 1.53. The Morgan fingerprint density at radius 3 is 2.58 bits per heavy atom. The van der Waals surface area contributed by atoms with Crippen molar-refractivity contribution in [1.82, 2.24) is 9.80 Å². The van der Waals surface area contributed by atoms with Crippen LogP contribution in [0.3, 0.4) is 0 Å². The van der Waals surface area contributed by atoms with Crippen LogP contribution in [-0.2, 0) is 11.2 Å². The number of hydrogen-bond acceptors (Lipinski definition) is 5. The quantitative estimate of drug-likeness (QED) is 0.504. The third kappa shape index (κ3) is 7.35. The molecule has 0 unspecified atom stereocenters. The van der Waals surface area contributed by atoms with E-state index < -0.39 is 0 Å². The topological polar surface area (TPSA) is 82.1 Å². The average Bonchev–Trinajstić information content (AvgIpc) is 2.91. The number of ether oxygens (including phenoxy) is 1. The standard InChI is InChI=1S/C31H43N3O4/c1-22-18-34(23(2)21-35)31(37)27-17-26(32-30(36)16-24-10-6-4-7-11-24)14-15-28(27)38-29(22)20-33(3)19-25-12-8-5-9-13-25/h4,6-7,10-11,14-15,17,22-23,25,29,35H,5,8-9,12-13,16,18-21H2,1-3H3,(H,32,36)/t22-,23-,29-/m0/s1. The lowest BCUT2D eigenvalue weighted by atomic mass is 9.89. The van der Waals surface area contributed by atoms with Crippen molar-refractivity contribution < 1.29 is 19.4 Å². The van der Waals surface area contributed by atoms with Crippen LogP contribution < -0.4 is 10.1 Å². The van der Waals surface area contributed by atoms with Gasteiger partial charge in [-0.15, -0.1) is 0 Å². The lowest BCUT2D eigenvalue weighted by Gasteiger charge is -2.38. The van der Waals surface area contributed by atoms with Crippen molar-refractivity contribution >= 4 is 17.5 Å². The highest BCUT2D eigenvalue weighted by Crippen LogP contribution is 2.31. The maximum Gasteiger partial charge on any atom is 0.258 e. The number of hydrogen-bond donors (Lipinski definition) is 2. The van der Waals surface area contributed by atoms with E-state index in [-0.39, 0.29) is 42.9 Å². The lowest BCUT2D eigenvalue weighted by molar-refractivity contribution is -0.115. The van der Waals surface area contributed by atoms with Gasteiger partial charge in [0.05, 0.1) is 24.6 Å². The Morgan fingerprint density at radius 1 is 1.13 bits per heavy atom. The molecule has 2 aromatic rings. The third-order valence-electron chi connectivity index (χ3n) is 7.94. The van der Waals surface area contributed by atoms with Gasteiger partial charge in [0, 0.05) is 31.2 Å². The van der Waals surface area contributed by atoms with E-state index in [1.165, 1.54) is 32.1 Å². The first kappa shape index (κ1) is 28.1. The van der Waals surface area contributed by atoms with E-state index in [0.29, 0.717) is 23.5 Å². The van der Waals surface area contributed by atoms with Crippen molar-refractivity contribution in [3.05, 3.63) is 59.7 Å². The summed E-state index contributed by atoms with van der Waals surface area (Å²) in [5, 5.41) is 12.8. The number of fused-ring (bicyclic) bond motifs is 1. The smallest absolute Gasteiger partial charge is 0.258 e. The van der Waals surface area contributed by atoms with Crippen LogP contribution in [0.25, 0.3) is 0 Å². The number of carbonyl (C=O) groups is 2. The molecule has 1 saturated carbocycles. The molecule has 1 aliphatic heterocycles. The molecule has 3 atom stereocenters. The van der Waals surface area contributed by atoms with E-state index in [0.717, 1.165) is 24.6 Å². The Kier molecular flexibility index (Phi) is 9.80. The summed E-state index contributed by atoms with van der Waals surface area (Å²) in [5.41, 5.74) is 1.89. The van der Waals surface area contributed by atoms with E-state index in [9.17, 15) is 14.7 Å². The molecule has 7 heteroatoms. The van der Waals surface area contributed by atoms with Crippen LogP contribution in [0.4, 0.5) is 5.69 Å². The molecule has 4 rings (SSSR count). The first-order valence-electron chi connectivity index (χ1n) is 14.1. The SMILES string of the molecule is C[C@H]1CN([C@@H](C)CO)C(=O)c2cc(NC(=O)Cc3ccccc3)ccc2O[C@H]1CN(C)CC1CCCCC1. The molecule has 2 aliphatic rings. The van der Waals surface area contributed by atoms with Crippen LogP contribution in [0.15, 0.2) is 48.5 Å². The highest BCUT2D eigenvalue weighted by Gasteiger charge is 2.34. The van der Waals surface area contributed by atoms with E-state index in [4.69, 9.17) is 4.74 Å². The second-order valence-electron chi connectivity index (χ2n) is 11.3. The molecule has 2 aromatic carbocycles. The van der Waals surface area contributed by atoms with Gasteiger partial charge in [-0.25, -0.2) is 0 Å². The van der Waals surface area contributed by atoms with Crippen LogP contribution in [-0.4, -0.2) is 72.2 Å². The average molecular weight is 522 g/mol. The van der Waals surface area contributed by atoms with Gasteiger partial charge in [0.2, 0.25) is 5.91 Å². The third-order valence-corrected chi connectivity index (χ3v) is 7.94. The summed E-state index contributed by atoms with van der Waals surface area (Å²) in [6.45, 7) is 6.18. The maximum atomic E-state index is 13.7. The summed E-state index contributed by atoms with van der Waals surface area (Å²) >= 11 is 0. The molecule has 7 nitrogen and oxygen atoms in total. The van der Waals surface area contributed by atoms with E-state index in [1.807, 2.05) is 37.3 Å². The molecule has 206 valence electrons. The predicted octanol–water partition coefficient (Wildman–Crippen LogP) is 4.60. The van der Waals surface area contributed by atoms with Gasteiger partial charge in [-0.05, 0) is 56.5 Å². The minimum Gasteiger partial charge on any atom is -0.488 e. The van der Waals surface area contributed by atoms with Gasteiger partial charge < -0.3 is 25.0 Å². The Labute approximate surface area is 227 Å². The summed E-state index contributed by atoms with van der Waals surface area (Å²) in [7, 11) is 2.16. The second kappa shape index (κ2) is 13.3. The van der Waals surface area contributed by atoms with Crippen LogP contribution in [0.5, 0.6) is 5.75 Å². The van der Waals surface area contributed by atoms with Gasteiger partial charge in [0.15, 0.2) is 0 Å².